The number of benzene rings is 1. The van der Waals surface area contributed by atoms with Gasteiger partial charge in [0.1, 0.15) is 0 Å². The molecule has 1 aromatic carbocycles. The van der Waals surface area contributed by atoms with Crippen LogP contribution in [0, 0.1) is 0 Å². The average molecular weight is 297 g/mol. The molecule has 6 heteroatoms. The Morgan fingerprint density at radius 3 is 2.57 bits per heavy atom. The Kier molecular flexibility index (Phi) is 8.61. The molecule has 118 valence electrons. The summed E-state index contributed by atoms with van der Waals surface area (Å²) in [5, 5.41) is 30.9. The summed E-state index contributed by atoms with van der Waals surface area (Å²) < 4.78 is 5.13. The van der Waals surface area contributed by atoms with E-state index in [2.05, 4.69) is 5.32 Å². The zero-order valence-corrected chi connectivity index (χ0v) is 11.9. The number of rotatable bonds is 11. The molecule has 0 bridgehead atoms. The number of aliphatic hydroxyl groups is 2. The van der Waals surface area contributed by atoms with Gasteiger partial charge in [-0.25, -0.2) is 0 Å². The highest BCUT2D eigenvalue weighted by molar-refractivity contribution is 5.66. The summed E-state index contributed by atoms with van der Waals surface area (Å²) in [5.74, 6) is -0.890. The predicted molar refractivity (Wildman–Crippen MR) is 78.0 cm³/mol. The molecule has 2 unspecified atom stereocenters. The second kappa shape index (κ2) is 10.3. The van der Waals surface area contributed by atoms with Crippen LogP contribution in [0.1, 0.15) is 24.5 Å². The first-order valence-electron chi connectivity index (χ1n) is 7.02. The van der Waals surface area contributed by atoms with Crippen molar-refractivity contribution in [3.8, 4) is 0 Å². The quantitative estimate of drug-likeness (QED) is 0.445. The van der Waals surface area contributed by atoms with Gasteiger partial charge in [0.15, 0.2) is 0 Å². The Morgan fingerprint density at radius 1 is 1.24 bits per heavy atom. The van der Waals surface area contributed by atoms with Gasteiger partial charge in [0, 0.05) is 19.0 Å². The fourth-order valence-electron chi connectivity index (χ4n) is 2.02. The maximum absolute atomic E-state index is 10.7. The van der Waals surface area contributed by atoms with Gasteiger partial charge in [0.05, 0.1) is 25.9 Å². The van der Waals surface area contributed by atoms with Crippen molar-refractivity contribution >= 4 is 5.97 Å². The number of carboxylic acid groups (broad SMARTS) is 1. The second-order valence-corrected chi connectivity index (χ2v) is 4.68. The number of ether oxygens (including phenoxy) is 1. The molecule has 0 saturated carbocycles. The molecule has 0 radical (unpaired) electrons. The molecule has 0 saturated heterocycles. The van der Waals surface area contributed by atoms with E-state index in [0.29, 0.717) is 19.6 Å². The smallest absolute Gasteiger partial charge is 0.303 e. The Balaban J connectivity index is 2.52. The van der Waals surface area contributed by atoms with Crippen molar-refractivity contribution in [3.63, 3.8) is 0 Å². The maximum Gasteiger partial charge on any atom is 0.303 e. The van der Waals surface area contributed by atoms with E-state index in [1.165, 1.54) is 0 Å². The van der Waals surface area contributed by atoms with Gasteiger partial charge in [0.25, 0.3) is 0 Å². The first-order valence-corrected chi connectivity index (χ1v) is 7.02. The van der Waals surface area contributed by atoms with Crippen molar-refractivity contribution in [1.29, 1.82) is 0 Å². The Bertz CT molecular complexity index is 398. The number of carbonyl (C=O) groups is 1. The zero-order chi connectivity index (χ0) is 15.5. The molecule has 0 amide bonds. The van der Waals surface area contributed by atoms with Crippen LogP contribution in [0.15, 0.2) is 30.3 Å². The van der Waals surface area contributed by atoms with Gasteiger partial charge in [-0.15, -0.1) is 0 Å². The predicted octanol–water partition coefficient (Wildman–Crippen LogP) is 0.552. The average Bonchev–Trinajstić information content (AvgIpc) is 2.50. The molecule has 1 aromatic rings. The third-order valence-electron chi connectivity index (χ3n) is 3.08. The van der Waals surface area contributed by atoms with Crippen LogP contribution in [-0.2, 0) is 9.53 Å². The molecule has 21 heavy (non-hydrogen) atoms. The number of hydrogen-bond acceptors (Lipinski definition) is 5. The van der Waals surface area contributed by atoms with Gasteiger partial charge >= 0.3 is 5.97 Å². The van der Waals surface area contributed by atoms with Crippen LogP contribution < -0.4 is 5.32 Å². The topological polar surface area (TPSA) is 99.0 Å². The van der Waals surface area contributed by atoms with Crippen molar-refractivity contribution < 1.29 is 24.9 Å². The van der Waals surface area contributed by atoms with Crippen LogP contribution >= 0.6 is 0 Å². The minimum absolute atomic E-state index is 0.0148. The van der Waals surface area contributed by atoms with E-state index in [1.807, 2.05) is 30.3 Å². The molecule has 6 nitrogen and oxygen atoms in total. The normalized spacial score (nSPS) is 13.8. The monoisotopic (exact) mass is 297 g/mol. The van der Waals surface area contributed by atoms with Crippen LogP contribution in [0.2, 0.25) is 0 Å². The third kappa shape index (κ3) is 7.19. The van der Waals surface area contributed by atoms with E-state index < -0.39 is 12.1 Å². The largest absolute Gasteiger partial charge is 0.481 e. The van der Waals surface area contributed by atoms with Gasteiger partial charge < -0.3 is 25.4 Å². The minimum Gasteiger partial charge on any atom is -0.481 e. The number of aliphatic carboxylic acids is 1. The number of aliphatic hydroxyl groups excluding tert-OH is 2. The lowest BCUT2D eigenvalue weighted by molar-refractivity contribution is -0.137. The summed E-state index contributed by atoms with van der Waals surface area (Å²) in [6, 6.07) is 8.78. The summed E-state index contributed by atoms with van der Waals surface area (Å²) in [7, 11) is 0. The molecule has 0 aliphatic heterocycles. The Labute approximate surface area is 124 Å². The lowest BCUT2D eigenvalue weighted by atomic mass is 9.98. The first kappa shape index (κ1) is 17.6. The fraction of sp³-hybridized carbons (Fsp3) is 0.533. The van der Waals surface area contributed by atoms with E-state index in [1.54, 1.807) is 0 Å². The van der Waals surface area contributed by atoms with Gasteiger partial charge in [-0.2, -0.15) is 0 Å². The Hall–Kier alpha value is -1.47. The Morgan fingerprint density at radius 2 is 1.95 bits per heavy atom. The van der Waals surface area contributed by atoms with Gasteiger partial charge in [-0.1, -0.05) is 30.3 Å². The van der Waals surface area contributed by atoms with Crippen LogP contribution in [0.4, 0.5) is 0 Å². The van der Waals surface area contributed by atoms with E-state index >= 15 is 0 Å². The molecule has 0 spiro atoms. The lowest BCUT2D eigenvalue weighted by Crippen LogP contribution is -2.37. The van der Waals surface area contributed by atoms with Gasteiger partial charge in [-0.05, 0) is 12.0 Å². The summed E-state index contributed by atoms with van der Waals surface area (Å²) in [6.07, 6.45) is -0.465. The van der Waals surface area contributed by atoms with Crippen LogP contribution in [-0.4, -0.2) is 53.7 Å². The molecule has 4 N–H and O–H groups in total. The minimum atomic E-state index is -0.890. The third-order valence-corrected chi connectivity index (χ3v) is 3.08. The van der Waals surface area contributed by atoms with Gasteiger partial charge in [-0.3, -0.25) is 4.79 Å². The second-order valence-electron chi connectivity index (χ2n) is 4.68. The highest BCUT2D eigenvalue weighted by atomic mass is 16.5. The molecular weight excluding hydrogens is 274 g/mol. The molecule has 1 rings (SSSR count). The van der Waals surface area contributed by atoms with Crippen molar-refractivity contribution in [2.45, 2.75) is 25.0 Å². The van der Waals surface area contributed by atoms with Crippen LogP contribution in [0.25, 0.3) is 0 Å². The maximum atomic E-state index is 10.7. The fourth-order valence-corrected chi connectivity index (χ4v) is 2.02. The van der Waals surface area contributed by atoms with Crippen LogP contribution in [0.5, 0.6) is 0 Å². The molecule has 2 atom stereocenters. The number of carboxylic acids is 1. The van der Waals surface area contributed by atoms with E-state index in [0.717, 1.165) is 5.56 Å². The molecular formula is C15H23NO5. The van der Waals surface area contributed by atoms with E-state index in [9.17, 15) is 9.90 Å². The standard InChI is InChI=1S/C15H23NO5/c17-9-11-21-10-8-16-13(6-7-14(18)19)15(20)12-4-2-1-3-5-12/h1-5,13,15-17,20H,6-11H2,(H,18,19). The zero-order valence-electron chi connectivity index (χ0n) is 11.9. The highest BCUT2D eigenvalue weighted by Crippen LogP contribution is 2.19. The van der Waals surface area contributed by atoms with Crippen molar-refractivity contribution in [1.82, 2.24) is 5.32 Å². The van der Waals surface area contributed by atoms with E-state index in [4.69, 9.17) is 14.9 Å². The summed E-state index contributed by atoms with van der Waals surface area (Å²) in [6.45, 7) is 1.11. The highest BCUT2D eigenvalue weighted by Gasteiger charge is 2.21. The lowest BCUT2D eigenvalue weighted by Gasteiger charge is -2.24. The number of nitrogens with one attached hydrogen (secondary N) is 1. The first-order chi connectivity index (χ1) is 10.1. The van der Waals surface area contributed by atoms with Crippen molar-refractivity contribution in [2.24, 2.45) is 0 Å². The summed E-state index contributed by atoms with van der Waals surface area (Å²) in [4.78, 5) is 10.7. The van der Waals surface area contributed by atoms with Crippen molar-refractivity contribution in [2.75, 3.05) is 26.4 Å². The molecule has 0 aliphatic carbocycles. The summed E-state index contributed by atoms with van der Waals surface area (Å²) in [5.41, 5.74) is 0.747. The van der Waals surface area contributed by atoms with E-state index in [-0.39, 0.29) is 25.7 Å². The summed E-state index contributed by atoms with van der Waals surface area (Å²) >= 11 is 0. The van der Waals surface area contributed by atoms with Crippen LogP contribution in [0.3, 0.4) is 0 Å². The molecule has 0 heterocycles. The molecule has 0 aliphatic rings. The van der Waals surface area contributed by atoms with Crippen molar-refractivity contribution in [3.05, 3.63) is 35.9 Å². The van der Waals surface area contributed by atoms with Gasteiger partial charge in [0.2, 0.25) is 0 Å². The SMILES string of the molecule is O=C(O)CCC(NCCOCCO)C(O)c1ccccc1. The molecule has 0 fully saturated rings. The molecule has 0 aromatic heterocycles. The number of hydrogen-bond donors (Lipinski definition) is 4.